The number of carboxylic acid groups (broad SMARTS) is 1. The molecule has 29 heavy (non-hydrogen) atoms. The molecule has 0 amide bonds. The highest BCUT2D eigenvalue weighted by atomic mass is 16.5. The number of hydrogen-bond acceptors (Lipinski definition) is 8. The number of nitrogens with zero attached hydrogens (tertiary/aromatic N) is 1. The molecule has 1 aliphatic rings. The highest BCUT2D eigenvalue weighted by Crippen LogP contribution is 2.40. The summed E-state index contributed by atoms with van der Waals surface area (Å²) in [6, 6.07) is 8.91. The van der Waals surface area contributed by atoms with Crippen LogP contribution in [0.4, 0.5) is 11.4 Å². The molecule has 0 bridgehead atoms. The van der Waals surface area contributed by atoms with Crippen LogP contribution < -0.4 is 29.5 Å². The second-order valence-electron chi connectivity index (χ2n) is 6.47. The minimum atomic E-state index is -1.21. The summed E-state index contributed by atoms with van der Waals surface area (Å²) in [7, 11) is 4.67. The molecule has 1 saturated heterocycles. The molecule has 0 aliphatic carbocycles. The average Bonchev–Trinajstić information content (AvgIpc) is 2.77. The van der Waals surface area contributed by atoms with Gasteiger partial charge in [-0.05, 0) is 30.3 Å². The molecule has 8 heteroatoms. The van der Waals surface area contributed by atoms with Crippen molar-refractivity contribution >= 4 is 17.3 Å². The van der Waals surface area contributed by atoms with Crippen LogP contribution in [0.25, 0.3) is 0 Å². The Morgan fingerprint density at radius 1 is 1.07 bits per heavy atom. The van der Waals surface area contributed by atoms with Crippen LogP contribution in [-0.4, -0.2) is 53.6 Å². The third-order valence-corrected chi connectivity index (χ3v) is 4.84. The maximum Gasteiger partial charge on any atom is 0.203 e. The minimum Gasteiger partial charge on any atom is -0.545 e. The van der Waals surface area contributed by atoms with Gasteiger partial charge in [0.15, 0.2) is 11.5 Å². The molecule has 0 atom stereocenters. The van der Waals surface area contributed by atoms with E-state index in [1.807, 2.05) is 17.0 Å². The number of hydrogen-bond donors (Lipinski definition) is 1. The molecular formula is C21H25N2O6-. The number of benzene rings is 2. The number of anilines is 2. The number of rotatable bonds is 8. The molecule has 1 fully saturated rings. The first kappa shape index (κ1) is 20.6. The Hall–Kier alpha value is -3.13. The van der Waals surface area contributed by atoms with E-state index in [1.165, 1.54) is 0 Å². The van der Waals surface area contributed by atoms with Gasteiger partial charge >= 0.3 is 0 Å². The SMILES string of the molecule is COc1ccc(CNc2ccc(N3CCOCC3)c(C(=O)[O-])c2)c(OC)c1OC. The fourth-order valence-corrected chi connectivity index (χ4v) is 3.39. The van der Waals surface area contributed by atoms with Crippen LogP contribution in [0.15, 0.2) is 30.3 Å². The van der Waals surface area contributed by atoms with Gasteiger partial charge < -0.3 is 39.1 Å². The Morgan fingerprint density at radius 3 is 2.41 bits per heavy atom. The molecule has 0 radical (unpaired) electrons. The molecule has 1 aliphatic heterocycles. The summed E-state index contributed by atoms with van der Waals surface area (Å²) >= 11 is 0. The number of methoxy groups -OCH3 is 3. The molecular weight excluding hydrogens is 376 g/mol. The predicted molar refractivity (Wildman–Crippen MR) is 107 cm³/mol. The fraction of sp³-hybridized carbons (Fsp3) is 0.381. The Labute approximate surface area is 169 Å². The number of carbonyl (C=O) groups excluding carboxylic acids is 1. The number of nitrogens with one attached hydrogen (secondary N) is 1. The topological polar surface area (TPSA) is 92.3 Å². The largest absolute Gasteiger partial charge is 0.545 e. The van der Waals surface area contributed by atoms with E-state index >= 15 is 0 Å². The molecule has 0 aromatic heterocycles. The smallest absolute Gasteiger partial charge is 0.203 e. The van der Waals surface area contributed by atoms with Crippen LogP contribution in [0, 0.1) is 0 Å². The van der Waals surface area contributed by atoms with Gasteiger partial charge in [0, 0.05) is 42.1 Å². The zero-order chi connectivity index (χ0) is 20.8. The zero-order valence-corrected chi connectivity index (χ0v) is 16.8. The van der Waals surface area contributed by atoms with Crippen molar-refractivity contribution < 1.29 is 28.8 Å². The van der Waals surface area contributed by atoms with Crippen LogP contribution in [-0.2, 0) is 11.3 Å². The molecule has 0 unspecified atom stereocenters. The lowest BCUT2D eigenvalue weighted by atomic mass is 10.1. The number of ether oxygens (including phenoxy) is 4. The second-order valence-corrected chi connectivity index (χ2v) is 6.47. The van der Waals surface area contributed by atoms with Gasteiger partial charge in [-0.15, -0.1) is 0 Å². The molecule has 8 nitrogen and oxygen atoms in total. The molecule has 1 N–H and O–H groups in total. The zero-order valence-electron chi connectivity index (χ0n) is 16.8. The van der Waals surface area contributed by atoms with Crippen LogP contribution in [0.3, 0.4) is 0 Å². The van der Waals surface area contributed by atoms with Gasteiger partial charge in [-0.3, -0.25) is 0 Å². The normalized spacial score (nSPS) is 13.7. The summed E-state index contributed by atoms with van der Waals surface area (Å²) in [5.41, 5.74) is 2.30. The average molecular weight is 401 g/mol. The lowest BCUT2D eigenvalue weighted by molar-refractivity contribution is -0.254. The second kappa shape index (κ2) is 9.38. The summed E-state index contributed by atoms with van der Waals surface area (Å²) in [5.74, 6) is 0.429. The first-order valence-electron chi connectivity index (χ1n) is 9.28. The molecule has 0 saturated carbocycles. The van der Waals surface area contributed by atoms with Crippen molar-refractivity contribution in [3.8, 4) is 17.2 Å². The van der Waals surface area contributed by atoms with Gasteiger partial charge in [0.25, 0.3) is 0 Å². The standard InChI is InChI=1S/C21H26N2O6/c1-26-18-7-4-14(19(27-2)20(18)28-3)13-22-15-5-6-17(16(12-15)21(24)25)23-8-10-29-11-9-23/h4-7,12,22H,8-11,13H2,1-3H3,(H,24,25)/p-1. The van der Waals surface area contributed by atoms with E-state index in [-0.39, 0.29) is 5.56 Å². The summed E-state index contributed by atoms with van der Waals surface area (Å²) in [6.45, 7) is 2.86. The van der Waals surface area contributed by atoms with Gasteiger partial charge in [0.1, 0.15) is 0 Å². The summed E-state index contributed by atoms with van der Waals surface area (Å²) in [4.78, 5) is 13.7. The lowest BCUT2D eigenvalue weighted by Crippen LogP contribution is -2.38. The van der Waals surface area contributed by atoms with Gasteiger partial charge in [0.2, 0.25) is 5.75 Å². The monoisotopic (exact) mass is 401 g/mol. The quantitative estimate of drug-likeness (QED) is 0.712. The van der Waals surface area contributed by atoms with E-state index in [2.05, 4.69) is 5.32 Å². The van der Waals surface area contributed by atoms with Crippen molar-refractivity contribution in [3.05, 3.63) is 41.5 Å². The summed E-state index contributed by atoms with van der Waals surface area (Å²) in [6.07, 6.45) is 0. The van der Waals surface area contributed by atoms with E-state index in [0.29, 0.717) is 61.5 Å². The van der Waals surface area contributed by atoms with E-state index in [9.17, 15) is 9.90 Å². The van der Waals surface area contributed by atoms with Gasteiger partial charge in [-0.25, -0.2) is 0 Å². The van der Waals surface area contributed by atoms with E-state index in [4.69, 9.17) is 18.9 Å². The first-order valence-corrected chi connectivity index (χ1v) is 9.28. The van der Waals surface area contributed by atoms with Gasteiger partial charge in [0.05, 0.1) is 40.5 Å². The van der Waals surface area contributed by atoms with Crippen LogP contribution in [0.1, 0.15) is 15.9 Å². The van der Waals surface area contributed by atoms with Crippen molar-refractivity contribution in [1.29, 1.82) is 0 Å². The van der Waals surface area contributed by atoms with Crippen molar-refractivity contribution in [2.24, 2.45) is 0 Å². The third-order valence-electron chi connectivity index (χ3n) is 4.84. The van der Waals surface area contributed by atoms with E-state index in [1.54, 1.807) is 39.5 Å². The Morgan fingerprint density at radius 2 is 1.79 bits per heavy atom. The van der Waals surface area contributed by atoms with Gasteiger partial charge in [-0.2, -0.15) is 0 Å². The lowest BCUT2D eigenvalue weighted by Gasteiger charge is -2.31. The number of aromatic carboxylic acids is 1. The van der Waals surface area contributed by atoms with Crippen molar-refractivity contribution in [2.75, 3.05) is 57.8 Å². The van der Waals surface area contributed by atoms with Crippen molar-refractivity contribution in [1.82, 2.24) is 0 Å². The highest BCUT2D eigenvalue weighted by Gasteiger charge is 2.17. The molecule has 2 aromatic carbocycles. The van der Waals surface area contributed by atoms with Crippen LogP contribution in [0.5, 0.6) is 17.2 Å². The third kappa shape index (κ3) is 4.48. The van der Waals surface area contributed by atoms with Crippen molar-refractivity contribution in [2.45, 2.75) is 6.54 Å². The molecule has 1 heterocycles. The summed E-state index contributed by atoms with van der Waals surface area (Å²) < 4.78 is 21.5. The predicted octanol–water partition coefficient (Wildman–Crippen LogP) is 1.52. The Kier molecular flexibility index (Phi) is 6.66. The molecule has 3 rings (SSSR count). The molecule has 0 spiro atoms. The highest BCUT2D eigenvalue weighted by molar-refractivity contribution is 5.94. The Balaban J connectivity index is 1.82. The maximum absolute atomic E-state index is 11.7. The minimum absolute atomic E-state index is 0.149. The van der Waals surface area contributed by atoms with E-state index in [0.717, 1.165) is 5.56 Å². The number of morpholine rings is 1. The number of carboxylic acids is 1. The van der Waals surface area contributed by atoms with Crippen molar-refractivity contribution in [3.63, 3.8) is 0 Å². The van der Waals surface area contributed by atoms with E-state index < -0.39 is 5.97 Å². The first-order chi connectivity index (χ1) is 14.1. The van der Waals surface area contributed by atoms with Crippen LogP contribution in [0.2, 0.25) is 0 Å². The molecule has 2 aromatic rings. The molecule has 156 valence electrons. The fourth-order valence-electron chi connectivity index (χ4n) is 3.39. The number of carbonyl (C=O) groups is 1. The maximum atomic E-state index is 11.7. The summed E-state index contributed by atoms with van der Waals surface area (Å²) in [5, 5.41) is 14.9. The van der Waals surface area contributed by atoms with Crippen LogP contribution >= 0.6 is 0 Å². The Bertz CT molecular complexity index is 864. The van der Waals surface area contributed by atoms with Gasteiger partial charge in [-0.1, -0.05) is 0 Å².